The SMILES string of the molecule is O=C(Nc1cnc2ccccc2c1)C1CC1c1ccccc1F. The molecule has 3 nitrogen and oxygen atoms in total. The molecule has 0 saturated heterocycles. The van der Waals surface area contributed by atoms with Crippen molar-refractivity contribution in [3.63, 3.8) is 0 Å². The third-order valence-electron chi connectivity index (χ3n) is 4.29. The number of pyridine rings is 1. The molecule has 0 aliphatic heterocycles. The van der Waals surface area contributed by atoms with Crippen LogP contribution in [0, 0.1) is 11.7 Å². The molecular formula is C19H15FN2O. The van der Waals surface area contributed by atoms with E-state index in [0.717, 1.165) is 10.9 Å². The van der Waals surface area contributed by atoms with Crippen LogP contribution in [-0.2, 0) is 4.79 Å². The fourth-order valence-electron chi connectivity index (χ4n) is 2.98. The largest absolute Gasteiger partial charge is 0.324 e. The number of hydrogen-bond acceptors (Lipinski definition) is 2. The van der Waals surface area contributed by atoms with Gasteiger partial charge in [-0.05, 0) is 36.1 Å². The highest BCUT2D eigenvalue weighted by Crippen LogP contribution is 2.48. The van der Waals surface area contributed by atoms with Crippen molar-refractivity contribution < 1.29 is 9.18 Å². The minimum Gasteiger partial charge on any atom is -0.324 e. The summed E-state index contributed by atoms with van der Waals surface area (Å²) >= 11 is 0. The number of nitrogens with zero attached hydrogens (tertiary/aromatic N) is 1. The van der Waals surface area contributed by atoms with Gasteiger partial charge >= 0.3 is 0 Å². The van der Waals surface area contributed by atoms with Crippen LogP contribution in [0.2, 0.25) is 0 Å². The van der Waals surface area contributed by atoms with E-state index in [1.54, 1.807) is 24.4 Å². The molecule has 114 valence electrons. The van der Waals surface area contributed by atoms with Gasteiger partial charge in [0.1, 0.15) is 5.82 Å². The number of carbonyl (C=O) groups excluding carboxylic acids is 1. The molecule has 4 heteroatoms. The highest BCUT2D eigenvalue weighted by Gasteiger charge is 2.45. The average Bonchev–Trinajstić information content (AvgIpc) is 3.36. The van der Waals surface area contributed by atoms with Gasteiger partial charge in [-0.25, -0.2) is 4.39 Å². The molecule has 2 atom stereocenters. The fraction of sp³-hybridized carbons (Fsp3) is 0.158. The summed E-state index contributed by atoms with van der Waals surface area (Å²) < 4.78 is 13.8. The van der Waals surface area contributed by atoms with Crippen molar-refractivity contribution in [3.05, 3.63) is 72.2 Å². The van der Waals surface area contributed by atoms with Gasteiger partial charge in [0.25, 0.3) is 0 Å². The maximum atomic E-state index is 13.8. The number of anilines is 1. The third kappa shape index (κ3) is 2.68. The number of fused-ring (bicyclic) bond motifs is 1. The van der Waals surface area contributed by atoms with Gasteiger partial charge in [-0.1, -0.05) is 36.4 Å². The molecule has 4 rings (SSSR count). The molecule has 0 bridgehead atoms. The number of carbonyl (C=O) groups is 1. The number of hydrogen-bond donors (Lipinski definition) is 1. The molecule has 1 saturated carbocycles. The molecule has 0 spiro atoms. The second kappa shape index (κ2) is 5.47. The Kier molecular flexibility index (Phi) is 3.30. The quantitative estimate of drug-likeness (QED) is 0.791. The molecule has 1 heterocycles. The van der Waals surface area contributed by atoms with Crippen LogP contribution in [-0.4, -0.2) is 10.9 Å². The van der Waals surface area contributed by atoms with Crippen molar-refractivity contribution in [2.45, 2.75) is 12.3 Å². The maximum Gasteiger partial charge on any atom is 0.228 e. The van der Waals surface area contributed by atoms with E-state index in [1.165, 1.54) is 6.07 Å². The summed E-state index contributed by atoms with van der Waals surface area (Å²) in [6, 6.07) is 16.3. The second-order valence-electron chi connectivity index (χ2n) is 5.88. The molecule has 1 aliphatic carbocycles. The van der Waals surface area contributed by atoms with Crippen molar-refractivity contribution in [2.24, 2.45) is 5.92 Å². The Morgan fingerprint density at radius 3 is 2.78 bits per heavy atom. The van der Waals surface area contributed by atoms with Gasteiger partial charge < -0.3 is 5.32 Å². The number of aromatic nitrogens is 1. The lowest BCUT2D eigenvalue weighted by molar-refractivity contribution is -0.117. The zero-order chi connectivity index (χ0) is 15.8. The highest BCUT2D eigenvalue weighted by molar-refractivity contribution is 5.96. The predicted molar refractivity (Wildman–Crippen MR) is 87.6 cm³/mol. The smallest absolute Gasteiger partial charge is 0.228 e. The molecule has 1 fully saturated rings. The monoisotopic (exact) mass is 306 g/mol. The van der Waals surface area contributed by atoms with E-state index in [9.17, 15) is 9.18 Å². The summed E-state index contributed by atoms with van der Waals surface area (Å²) in [4.78, 5) is 16.7. The first-order chi connectivity index (χ1) is 11.2. The van der Waals surface area contributed by atoms with E-state index >= 15 is 0 Å². The summed E-state index contributed by atoms with van der Waals surface area (Å²) in [5, 5.41) is 3.87. The molecule has 23 heavy (non-hydrogen) atoms. The lowest BCUT2D eigenvalue weighted by Gasteiger charge is -2.06. The Bertz CT molecular complexity index is 893. The average molecular weight is 306 g/mol. The zero-order valence-corrected chi connectivity index (χ0v) is 12.4. The third-order valence-corrected chi connectivity index (χ3v) is 4.29. The van der Waals surface area contributed by atoms with Crippen molar-refractivity contribution in [1.82, 2.24) is 4.98 Å². The van der Waals surface area contributed by atoms with Gasteiger partial charge in [0, 0.05) is 11.3 Å². The molecule has 3 aromatic rings. The van der Waals surface area contributed by atoms with E-state index in [1.807, 2.05) is 30.3 Å². The van der Waals surface area contributed by atoms with E-state index in [2.05, 4.69) is 10.3 Å². The molecular weight excluding hydrogens is 291 g/mol. The van der Waals surface area contributed by atoms with Gasteiger partial charge in [-0.3, -0.25) is 9.78 Å². The van der Waals surface area contributed by atoms with Crippen LogP contribution in [0.1, 0.15) is 17.9 Å². The Labute approximate surface area is 133 Å². The topological polar surface area (TPSA) is 42.0 Å². The van der Waals surface area contributed by atoms with Crippen LogP contribution in [0.15, 0.2) is 60.8 Å². The second-order valence-corrected chi connectivity index (χ2v) is 5.88. The summed E-state index contributed by atoms with van der Waals surface area (Å²) in [6.45, 7) is 0. The first-order valence-electron chi connectivity index (χ1n) is 7.62. The van der Waals surface area contributed by atoms with Gasteiger partial charge in [0.15, 0.2) is 0 Å². The van der Waals surface area contributed by atoms with E-state index in [4.69, 9.17) is 0 Å². The number of rotatable bonds is 3. The standard InChI is InChI=1S/C19H15FN2O/c20-17-7-3-2-6-14(17)15-10-16(15)19(23)22-13-9-12-5-1-4-8-18(12)21-11-13/h1-9,11,15-16H,10H2,(H,22,23). The maximum absolute atomic E-state index is 13.8. The Hall–Kier alpha value is -2.75. The minimum absolute atomic E-state index is 0.0235. The predicted octanol–water partition coefficient (Wildman–Crippen LogP) is 4.12. The lowest BCUT2D eigenvalue weighted by Crippen LogP contribution is -2.14. The highest BCUT2D eigenvalue weighted by atomic mass is 19.1. The first kappa shape index (κ1) is 13.9. The van der Waals surface area contributed by atoms with Gasteiger partial charge in [0.2, 0.25) is 5.91 Å². The number of benzene rings is 2. The molecule has 1 N–H and O–H groups in total. The summed E-state index contributed by atoms with van der Waals surface area (Å²) in [6.07, 6.45) is 2.34. The van der Waals surface area contributed by atoms with E-state index < -0.39 is 0 Å². The van der Waals surface area contributed by atoms with Crippen LogP contribution in [0.5, 0.6) is 0 Å². The van der Waals surface area contributed by atoms with Gasteiger partial charge in [0.05, 0.1) is 17.4 Å². The van der Waals surface area contributed by atoms with Gasteiger partial charge in [-0.2, -0.15) is 0 Å². The van der Waals surface area contributed by atoms with E-state index in [-0.39, 0.29) is 23.6 Å². The van der Waals surface area contributed by atoms with Crippen molar-refractivity contribution in [2.75, 3.05) is 5.32 Å². The summed E-state index contributed by atoms with van der Waals surface area (Å²) in [5.74, 6) is -0.501. The van der Waals surface area contributed by atoms with Crippen LogP contribution in [0.4, 0.5) is 10.1 Å². The normalized spacial score (nSPS) is 19.5. The number of amides is 1. The van der Waals surface area contributed by atoms with Crippen molar-refractivity contribution >= 4 is 22.5 Å². The van der Waals surface area contributed by atoms with E-state index in [0.29, 0.717) is 17.7 Å². The molecule has 1 aliphatic rings. The number of para-hydroxylation sites is 1. The Morgan fingerprint density at radius 2 is 1.91 bits per heavy atom. The minimum atomic E-state index is -0.236. The molecule has 1 amide bonds. The molecule has 2 unspecified atom stereocenters. The van der Waals surface area contributed by atoms with Gasteiger partial charge in [-0.15, -0.1) is 0 Å². The van der Waals surface area contributed by atoms with Crippen LogP contribution in [0.3, 0.4) is 0 Å². The first-order valence-corrected chi connectivity index (χ1v) is 7.62. The lowest BCUT2D eigenvalue weighted by atomic mass is 10.1. The number of nitrogens with one attached hydrogen (secondary N) is 1. The molecule has 0 radical (unpaired) electrons. The summed E-state index contributed by atoms with van der Waals surface area (Å²) in [5.41, 5.74) is 2.19. The van der Waals surface area contributed by atoms with Crippen LogP contribution < -0.4 is 5.32 Å². The number of halogens is 1. The van der Waals surface area contributed by atoms with Crippen molar-refractivity contribution in [1.29, 1.82) is 0 Å². The zero-order valence-electron chi connectivity index (χ0n) is 12.4. The molecule has 1 aromatic heterocycles. The van der Waals surface area contributed by atoms with Crippen LogP contribution in [0.25, 0.3) is 10.9 Å². The molecule has 2 aromatic carbocycles. The Morgan fingerprint density at radius 1 is 1.13 bits per heavy atom. The van der Waals surface area contributed by atoms with Crippen LogP contribution >= 0.6 is 0 Å². The fourth-order valence-corrected chi connectivity index (χ4v) is 2.98. The Balaban J connectivity index is 1.49. The van der Waals surface area contributed by atoms with Crippen molar-refractivity contribution in [3.8, 4) is 0 Å². The summed E-state index contributed by atoms with van der Waals surface area (Å²) in [7, 11) is 0.